The first-order valence-corrected chi connectivity index (χ1v) is 8.61. The molecule has 1 aromatic carbocycles. The minimum Gasteiger partial charge on any atom is -0.332 e. The smallest absolute Gasteiger partial charge is 0.262 e. The van der Waals surface area contributed by atoms with Crippen molar-refractivity contribution in [3.63, 3.8) is 0 Å². The second-order valence-electron chi connectivity index (χ2n) is 5.16. The zero-order valence-corrected chi connectivity index (χ0v) is 12.3. The van der Waals surface area contributed by atoms with E-state index in [9.17, 15) is 13.2 Å². The van der Waals surface area contributed by atoms with E-state index in [2.05, 4.69) is 4.98 Å². The average Bonchev–Trinajstić information content (AvgIpc) is 2.74. The number of para-hydroxylation sites is 1. The maximum absolute atomic E-state index is 12.4. The Morgan fingerprint density at radius 2 is 2.10 bits per heavy atom. The number of benzene rings is 1. The summed E-state index contributed by atoms with van der Waals surface area (Å²) in [5, 5.41) is 0.571. The summed E-state index contributed by atoms with van der Waals surface area (Å²) >= 11 is 5.22. The number of H-pyrrole nitrogens is 1. The summed E-state index contributed by atoms with van der Waals surface area (Å²) in [5.41, 5.74) is 0.548. The highest BCUT2D eigenvalue weighted by atomic mass is 32.2. The minimum atomic E-state index is -2.94. The predicted octanol–water partition coefficient (Wildman–Crippen LogP) is 1.49. The molecule has 1 aliphatic heterocycles. The van der Waals surface area contributed by atoms with Crippen molar-refractivity contribution >= 4 is 33.0 Å². The molecule has 3 rings (SSSR count). The Hall–Kier alpha value is -1.47. The lowest BCUT2D eigenvalue weighted by molar-refractivity contribution is 0.475. The molecular formula is C13H14N2O3S2. The predicted molar refractivity (Wildman–Crippen MR) is 80.2 cm³/mol. The fourth-order valence-electron chi connectivity index (χ4n) is 2.64. The second kappa shape index (κ2) is 4.82. The van der Waals surface area contributed by atoms with Gasteiger partial charge in [0.1, 0.15) is 0 Å². The molecule has 0 spiro atoms. The van der Waals surface area contributed by atoms with E-state index >= 15 is 0 Å². The molecule has 2 aromatic rings. The highest BCUT2D eigenvalue weighted by molar-refractivity contribution is 7.91. The lowest BCUT2D eigenvalue weighted by Crippen LogP contribution is -2.26. The van der Waals surface area contributed by atoms with Crippen molar-refractivity contribution in [3.05, 3.63) is 39.4 Å². The molecule has 0 radical (unpaired) electrons. The molecule has 1 aliphatic rings. The van der Waals surface area contributed by atoms with Crippen LogP contribution >= 0.6 is 12.2 Å². The Morgan fingerprint density at radius 1 is 1.35 bits per heavy atom. The van der Waals surface area contributed by atoms with Crippen LogP contribution in [0.15, 0.2) is 29.1 Å². The first-order chi connectivity index (χ1) is 9.46. The van der Waals surface area contributed by atoms with Crippen molar-refractivity contribution in [2.45, 2.75) is 13.0 Å². The van der Waals surface area contributed by atoms with Crippen LogP contribution in [0.2, 0.25) is 0 Å². The SMILES string of the molecule is O=c1c2ccccc2[nH]c(=S)n1C[C@@H]1CCS(=O)(=O)C1. The van der Waals surface area contributed by atoms with Crippen molar-refractivity contribution in [1.82, 2.24) is 9.55 Å². The first-order valence-electron chi connectivity index (χ1n) is 6.38. The Morgan fingerprint density at radius 3 is 2.80 bits per heavy atom. The molecule has 1 saturated heterocycles. The number of hydrogen-bond acceptors (Lipinski definition) is 4. The number of aromatic amines is 1. The van der Waals surface area contributed by atoms with Crippen molar-refractivity contribution in [2.75, 3.05) is 11.5 Å². The lowest BCUT2D eigenvalue weighted by Gasteiger charge is -2.11. The van der Waals surface area contributed by atoms with E-state index in [0.717, 1.165) is 0 Å². The van der Waals surface area contributed by atoms with Crippen molar-refractivity contribution in [1.29, 1.82) is 0 Å². The Labute approximate surface area is 121 Å². The van der Waals surface area contributed by atoms with Gasteiger partial charge in [-0.25, -0.2) is 8.42 Å². The number of aromatic nitrogens is 2. The zero-order valence-electron chi connectivity index (χ0n) is 10.7. The van der Waals surface area contributed by atoms with E-state index in [-0.39, 0.29) is 23.0 Å². The van der Waals surface area contributed by atoms with Gasteiger partial charge in [0.25, 0.3) is 5.56 Å². The van der Waals surface area contributed by atoms with Gasteiger partial charge in [0, 0.05) is 6.54 Å². The Balaban J connectivity index is 2.04. The van der Waals surface area contributed by atoms with E-state index in [1.807, 2.05) is 6.07 Å². The number of nitrogens with zero attached hydrogens (tertiary/aromatic N) is 1. The summed E-state index contributed by atoms with van der Waals surface area (Å²) < 4.78 is 24.8. The van der Waals surface area contributed by atoms with E-state index in [4.69, 9.17) is 12.2 Å². The third kappa shape index (κ3) is 2.43. The van der Waals surface area contributed by atoms with Gasteiger partial charge in [-0.1, -0.05) is 12.1 Å². The highest BCUT2D eigenvalue weighted by Crippen LogP contribution is 2.20. The summed E-state index contributed by atoms with van der Waals surface area (Å²) in [6.45, 7) is 0.359. The Kier molecular flexibility index (Phi) is 3.25. The largest absolute Gasteiger partial charge is 0.332 e. The molecule has 2 heterocycles. The van der Waals surface area contributed by atoms with Crippen LogP contribution in [0.5, 0.6) is 0 Å². The number of hydrogen-bond donors (Lipinski definition) is 1. The second-order valence-corrected chi connectivity index (χ2v) is 7.78. The molecule has 0 bridgehead atoms. The molecule has 0 amide bonds. The third-order valence-corrected chi connectivity index (χ3v) is 5.82. The van der Waals surface area contributed by atoms with Gasteiger partial charge >= 0.3 is 0 Å². The molecular weight excluding hydrogens is 296 g/mol. The monoisotopic (exact) mass is 310 g/mol. The van der Waals surface area contributed by atoms with Crippen molar-refractivity contribution in [3.8, 4) is 0 Å². The minimum absolute atomic E-state index is 0.0334. The van der Waals surface area contributed by atoms with Crippen molar-refractivity contribution in [2.24, 2.45) is 5.92 Å². The summed E-state index contributed by atoms with van der Waals surface area (Å²) in [7, 11) is -2.94. The van der Waals surface area contributed by atoms with Gasteiger partial charge < -0.3 is 4.98 Å². The number of fused-ring (bicyclic) bond motifs is 1. The van der Waals surface area contributed by atoms with Gasteiger partial charge in [-0.3, -0.25) is 9.36 Å². The van der Waals surface area contributed by atoms with Crippen LogP contribution in [0.25, 0.3) is 10.9 Å². The summed E-state index contributed by atoms with van der Waals surface area (Å²) in [5.74, 6) is 0.311. The van der Waals surface area contributed by atoms with E-state index < -0.39 is 9.84 Å². The number of rotatable bonds is 2. The van der Waals surface area contributed by atoms with E-state index in [0.29, 0.717) is 28.6 Å². The lowest BCUT2D eigenvalue weighted by atomic mass is 10.1. The molecule has 0 saturated carbocycles. The fraction of sp³-hybridized carbons (Fsp3) is 0.385. The fourth-order valence-corrected chi connectivity index (χ4v) is 4.76. The molecule has 7 heteroatoms. The Bertz CT molecular complexity index is 880. The van der Waals surface area contributed by atoms with Crippen LogP contribution in [-0.2, 0) is 16.4 Å². The molecule has 1 atom stereocenters. The number of nitrogens with one attached hydrogen (secondary N) is 1. The van der Waals surface area contributed by atoms with Gasteiger partial charge in [0.2, 0.25) is 0 Å². The third-order valence-electron chi connectivity index (χ3n) is 3.66. The van der Waals surface area contributed by atoms with Gasteiger partial charge in [-0.15, -0.1) is 0 Å². The topological polar surface area (TPSA) is 71.9 Å². The van der Waals surface area contributed by atoms with Gasteiger partial charge in [-0.2, -0.15) is 0 Å². The van der Waals surface area contributed by atoms with Crippen LogP contribution in [0.1, 0.15) is 6.42 Å². The summed E-state index contributed by atoms with van der Waals surface area (Å²) in [4.78, 5) is 15.4. The molecule has 5 nitrogen and oxygen atoms in total. The van der Waals surface area contributed by atoms with Crippen molar-refractivity contribution < 1.29 is 8.42 Å². The van der Waals surface area contributed by atoms with Gasteiger partial charge in [0.15, 0.2) is 14.6 Å². The molecule has 1 aromatic heterocycles. The summed E-state index contributed by atoms with van der Waals surface area (Å²) in [6, 6.07) is 7.17. The molecule has 1 N–H and O–H groups in total. The standard InChI is InChI=1S/C13H14N2O3S2/c16-12-10-3-1-2-4-11(10)14-13(19)15(12)7-9-5-6-20(17,18)8-9/h1-4,9H,5-8H2,(H,14,19)/t9-/m0/s1. The van der Waals surface area contributed by atoms with Crippen LogP contribution in [0, 0.1) is 10.7 Å². The van der Waals surface area contributed by atoms with E-state index in [1.54, 1.807) is 18.2 Å². The summed E-state index contributed by atoms with van der Waals surface area (Å²) in [6.07, 6.45) is 0.594. The number of sulfone groups is 1. The van der Waals surface area contributed by atoms with Crippen LogP contribution in [-0.4, -0.2) is 29.5 Å². The molecule has 0 unspecified atom stereocenters. The molecule has 1 fully saturated rings. The quantitative estimate of drug-likeness (QED) is 0.853. The maximum atomic E-state index is 12.4. The van der Waals surface area contributed by atoms with Crippen LogP contribution < -0.4 is 5.56 Å². The van der Waals surface area contributed by atoms with Crippen LogP contribution in [0.4, 0.5) is 0 Å². The first kappa shape index (κ1) is 13.5. The average molecular weight is 310 g/mol. The van der Waals surface area contributed by atoms with E-state index in [1.165, 1.54) is 4.57 Å². The molecule has 0 aliphatic carbocycles. The van der Waals surface area contributed by atoms with Gasteiger partial charge in [0.05, 0.1) is 22.4 Å². The molecule has 20 heavy (non-hydrogen) atoms. The zero-order chi connectivity index (χ0) is 14.3. The molecule has 106 valence electrons. The van der Waals surface area contributed by atoms with Gasteiger partial charge in [-0.05, 0) is 36.7 Å². The van der Waals surface area contributed by atoms with Crippen LogP contribution in [0.3, 0.4) is 0 Å². The maximum Gasteiger partial charge on any atom is 0.262 e. The normalized spacial score (nSPS) is 21.3. The highest BCUT2D eigenvalue weighted by Gasteiger charge is 2.28.